The van der Waals surface area contributed by atoms with Crippen LogP contribution in [0.5, 0.6) is 0 Å². The first-order valence-corrected chi connectivity index (χ1v) is 8.57. The Morgan fingerprint density at radius 3 is 2.48 bits per heavy atom. The molecule has 2 saturated heterocycles. The molecule has 0 saturated carbocycles. The molecule has 0 bridgehead atoms. The Kier molecular flexibility index (Phi) is 4.76. The lowest BCUT2D eigenvalue weighted by atomic mass is 9.92. The third-order valence-electron chi connectivity index (χ3n) is 4.88. The van der Waals surface area contributed by atoms with E-state index in [0.29, 0.717) is 38.3 Å². The number of ether oxygens (including phenoxy) is 1. The third-order valence-corrected chi connectivity index (χ3v) is 4.88. The summed E-state index contributed by atoms with van der Waals surface area (Å²) in [6, 6.07) is 7.76. The summed E-state index contributed by atoms with van der Waals surface area (Å²) in [4.78, 5) is 41.2. The summed E-state index contributed by atoms with van der Waals surface area (Å²) in [5.41, 5.74) is -0.457. The van der Waals surface area contributed by atoms with Crippen LogP contribution in [0, 0.1) is 0 Å². The van der Waals surface area contributed by atoms with Crippen LogP contribution in [-0.4, -0.2) is 60.0 Å². The Bertz CT molecular complexity index is 672. The summed E-state index contributed by atoms with van der Waals surface area (Å²) in [5.74, 6) is -0.594. The van der Waals surface area contributed by atoms with Gasteiger partial charge < -0.3 is 15.0 Å². The minimum Gasteiger partial charge on any atom is -0.378 e. The first kappa shape index (κ1) is 17.4. The molecule has 2 unspecified atom stereocenters. The fourth-order valence-electron chi connectivity index (χ4n) is 3.37. The Hall–Kier alpha value is -2.41. The maximum Gasteiger partial charge on any atom is 0.326 e. The predicted molar refractivity (Wildman–Crippen MR) is 90.6 cm³/mol. The zero-order valence-electron chi connectivity index (χ0n) is 14.5. The van der Waals surface area contributed by atoms with Gasteiger partial charge in [-0.15, -0.1) is 0 Å². The van der Waals surface area contributed by atoms with Gasteiger partial charge in [0.15, 0.2) is 0 Å². The summed E-state index contributed by atoms with van der Waals surface area (Å²) >= 11 is 0. The van der Waals surface area contributed by atoms with Gasteiger partial charge in [0.25, 0.3) is 5.91 Å². The first-order valence-electron chi connectivity index (χ1n) is 8.57. The molecule has 1 aromatic rings. The molecule has 2 heterocycles. The smallest absolute Gasteiger partial charge is 0.326 e. The third kappa shape index (κ3) is 3.00. The van der Waals surface area contributed by atoms with Crippen molar-refractivity contribution in [1.29, 1.82) is 0 Å². The molecule has 0 aromatic heterocycles. The first-order chi connectivity index (χ1) is 12.0. The Labute approximate surface area is 146 Å². The molecule has 1 N–H and O–H groups in total. The molecule has 1 aromatic carbocycles. The van der Waals surface area contributed by atoms with Crippen LogP contribution in [0.2, 0.25) is 0 Å². The van der Waals surface area contributed by atoms with E-state index in [9.17, 15) is 14.4 Å². The summed E-state index contributed by atoms with van der Waals surface area (Å²) in [6.07, 6.45) is 0.375. The van der Waals surface area contributed by atoms with Crippen molar-refractivity contribution in [3.8, 4) is 0 Å². The Balaban J connectivity index is 1.86. The summed E-state index contributed by atoms with van der Waals surface area (Å²) < 4.78 is 5.27. The van der Waals surface area contributed by atoms with Gasteiger partial charge in [0.1, 0.15) is 11.6 Å². The minimum atomic E-state index is -1.16. The molecule has 7 heteroatoms. The Morgan fingerprint density at radius 1 is 1.24 bits per heavy atom. The van der Waals surface area contributed by atoms with Gasteiger partial charge in [-0.3, -0.25) is 9.59 Å². The number of benzene rings is 1. The van der Waals surface area contributed by atoms with E-state index in [-0.39, 0.29) is 5.91 Å². The molecule has 0 radical (unpaired) electrons. The molecule has 2 atom stereocenters. The van der Waals surface area contributed by atoms with Gasteiger partial charge >= 0.3 is 6.03 Å². The maximum absolute atomic E-state index is 13.1. The summed E-state index contributed by atoms with van der Waals surface area (Å²) in [7, 11) is 0. The van der Waals surface area contributed by atoms with Crippen LogP contribution in [-0.2, 0) is 19.9 Å². The maximum atomic E-state index is 13.1. The van der Waals surface area contributed by atoms with Crippen molar-refractivity contribution in [3.63, 3.8) is 0 Å². The summed E-state index contributed by atoms with van der Waals surface area (Å²) in [5, 5.41) is 2.76. The van der Waals surface area contributed by atoms with E-state index < -0.39 is 23.5 Å². The second-order valence-electron chi connectivity index (χ2n) is 6.46. The van der Waals surface area contributed by atoms with Crippen molar-refractivity contribution < 1.29 is 19.1 Å². The second-order valence-corrected chi connectivity index (χ2v) is 6.46. The molecule has 2 aliphatic rings. The van der Waals surface area contributed by atoms with Crippen LogP contribution in [0.25, 0.3) is 0 Å². The number of amides is 4. The van der Waals surface area contributed by atoms with E-state index in [1.807, 2.05) is 25.1 Å². The average molecular weight is 345 g/mol. The quantitative estimate of drug-likeness (QED) is 0.829. The molecule has 4 amide bonds. The second kappa shape index (κ2) is 6.84. The van der Waals surface area contributed by atoms with Crippen LogP contribution in [0.1, 0.15) is 25.8 Å². The van der Waals surface area contributed by atoms with Gasteiger partial charge in [-0.25, -0.2) is 9.69 Å². The number of rotatable bonds is 4. The van der Waals surface area contributed by atoms with Crippen molar-refractivity contribution in [2.24, 2.45) is 0 Å². The molecule has 3 rings (SSSR count). The van der Waals surface area contributed by atoms with Crippen molar-refractivity contribution in [2.75, 3.05) is 26.3 Å². The largest absolute Gasteiger partial charge is 0.378 e. The number of hydrogen-bond acceptors (Lipinski definition) is 4. The molecule has 2 fully saturated rings. The highest BCUT2D eigenvalue weighted by Gasteiger charge is 2.52. The molecule has 2 aliphatic heterocycles. The molecule has 25 heavy (non-hydrogen) atoms. The van der Waals surface area contributed by atoms with Gasteiger partial charge in [-0.1, -0.05) is 37.3 Å². The van der Waals surface area contributed by atoms with Crippen molar-refractivity contribution in [1.82, 2.24) is 15.1 Å². The van der Waals surface area contributed by atoms with Gasteiger partial charge in [0.2, 0.25) is 5.91 Å². The monoisotopic (exact) mass is 345 g/mol. The lowest BCUT2D eigenvalue weighted by molar-refractivity contribution is -0.146. The SMILES string of the molecule is CCC(C(=O)N1CCOCC1)N1C(=O)NC(C)(c2ccccc2)C1=O. The molecule has 0 aliphatic carbocycles. The average Bonchev–Trinajstić information content (AvgIpc) is 2.88. The van der Waals surface area contributed by atoms with Gasteiger partial charge in [-0.2, -0.15) is 0 Å². The van der Waals surface area contributed by atoms with Crippen molar-refractivity contribution in [2.45, 2.75) is 31.8 Å². The fourth-order valence-corrected chi connectivity index (χ4v) is 3.37. The van der Waals surface area contributed by atoms with Gasteiger partial charge in [-0.05, 0) is 18.9 Å². The summed E-state index contributed by atoms with van der Waals surface area (Å²) in [6.45, 7) is 5.40. The minimum absolute atomic E-state index is 0.202. The number of urea groups is 1. The van der Waals surface area contributed by atoms with Crippen LogP contribution in [0.15, 0.2) is 30.3 Å². The predicted octanol–water partition coefficient (Wildman–Crippen LogP) is 1.09. The number of nitrogens with zero attached hydrogens (tertiary/aromatic N) is 2. The highest BCUT2D eigenvalue weighted by molar-refractivity contribution is 6.10. The zero-order valence-corrected chi connectivity index (χ0v) is 14.5. The Morgan fingerprint density at radius 2 is 1.88 bits per heavy atom. The topological polar surface area (TPSA) is 79.0 Å². The number of hydrogen-bond donors (Lipinski definition) is 1. The fraction of sp³-hybridized carbons (Fsp3) is 0.500. The van der Waals surface area contributed by atoms with E-state index >= 15 is 0 Å². The molecular weight excluding hydrogens is 322 g/mol. The number of morpholine rings is 1. The van der Waals surface area contributed by atoms with E-state index in [1.54, 1.807) is 24.0 Å². The van der Waals surface area contributed by atoms with E-state index in [2.05, 4.69) is 5.32 Å². The van der Waals surface area contributed by atoms with Crippen molar-refractivity contribution >= 4 is 17.8 Å². The van der Waals surface area contributed by atoms with E-state index in [4.69, 9.17) is 4.74 Å². The standard InChI is InChI=1S/C18H23N3O4/c1-3-14(15(22)20-9-11-25-12-10-20)21-16(23)18(2,19-17(21)24)13-7-5-4-6-8-13/h4-8,14H,3,9-12H2,1-2H3,(H,19,24). The zero-order chi connectivity index (χ0) is 18.0. The number of carbonyl (C=O) groups is 3. The number of carbonyl (C=O) groups excluding carboxylic acids is 3. The normalized spacial score (nSPS) is 25.0. The van der Waals surface area contributed by atoms with E-state index in [0.717, 1.165) is 4.90 Å². The van der Waals surface area contributed by atoms with Crippen LogP contribution >= 0.6 is 0 Å². The van der Waals surface area contributed by atoms with E-state index in [1.165, 1.54) is 0 Å². The molecular formula is C18H23N3O4. The molecule has 134 valence electrons. The van der Waals surface area contributed by atoms with Crippen LogP contribution in [0.4, 0.5) is 4.79 Å². The molecule has 7 nitrogen and oxygen atoms in total. The highest BCUT2D eigenvalue weighted by atomic mass is 16.5. The lowest BCUT2D eigenvalue weighted by Crippen LogP contribution is -2.54. The highest BCUT2D eigenvalue weighted by Crippen LogP contribution is 2.30. The number of imide groups is 1. The van der Waals surface area contributed by atoms with Gasteiger partial charge in [0, 0.05) is 13.1 Å². The van der Waals surface area contributed by atoms with Gasteiger partial charge in [0.05, 0.1) is 13.2 Å². The molecule has 0 spiro atoms. The number of nitrogens with one attached hydrogen (secondary N) is 1. The van der Waals surface area contributed by atoms with Crippen LogP contribution in [0.3, 0.4) is 0 Å². The van der Waals surface area contributed by atoms with Crippen molar-refractivity contribution in [3.05, 3.63) is 35.9 Å². The lowest BCUT2D eigenvalue weighted by Gasteiger charge is -2.33. The van der Waals surface area contributed by atoms with Crippen LogP contribution < -0.4 is 5.32 Å².